The van der Waals surface area contributed by atoms with Gasteiger partial charge in [-0.1, -0.05) is 6.07 Å². The van der Waals surface area contributed by atoms with Crippen LogP contribution in [0.1, 0.15) is 29.7 Å². The summed E-state index contributed by atoms with van der Waals surface area (Å²) in [6, 6.07) is 8.89. The van der Waals surface area contributed by atoms with Gasteiger partial charge in [0.05, 0.1) is 20.3 Å². The number of nitrogens with one attached hydrogen (secondary N) is 1. The average molecular weight is 389 g/mol. The van der Waals surface area contributed by atoms with E-state index in [0.717, 1.165) is 48.9 Å². The Labute approximate surface area is 165 Å². The Balaban J connectivity index is 1.38. The van der Waals surface area contributed by atoms with Gasteiger partial charge in [-0.3, -0.25) is 4.90 Å². The van der Waals surface area contributed by atoms with Crippen LogP contribution in [0.15, 0.2) is 29.6 Å². The smallest absolute Gasteiger partial charge is 0.164 e. The Hall–Kier alpha value is -1.76. The first-order chi connectivity index (χ1) is 13.3. The number of hydrogen-bond acceptors (Lipinski definition) is 6. The predicted molar refractivity (Wildman–Crippen MR) is 108 cm³/mol. The van der Waals surface area contributed by atoms with Gasteiger partial charge < -0.3 is 19.5 Å². The summed E-state index contributed by atoms with van der Waals surface area (Å²) in [6.45, 7) is 5.50. The standard InChI is InChI=1S/C21H28N2O3S/c1-24-19-12-21-20(25-8-4-9-26-21)11-16(19)13-22-17-5-2-7-23(14-17)15-18-6-3-10-27-18/h3,6,10-12,17,22H,2,4-5,7-9,13-15H2,1H3. The van der Waals surface area contributed by atoms with Crippen LogP contribution in [-0.4, -0.2) is 44.4 Å². The van der Waals surface area contributed by atoms with Crippen molar-refractivity contribution >= 4 is 11.3 Å². The Morgan fingerprint density at radius 1 is 1.22 bits per heavy atom. The number of thiophene rings is 1. The maximum atomic E-state index is 5.84. The van der Waals surface area contributed by atoms with E-state index in [1.54, 1.807) is 7.11 Å². The number of ether oxygens (including phenoxy) is 3. The molecule has 2 aliphatic rings. The van der Waals surface area contributed by atoms with Crippen molar-refractivity contribution in [1.82, 2.24) is 10.2 Å². The summed E-state index contributed by atoms with van der Waals surface area (Å²) in [5, 5.41) is 5.89. The van der Waals surface area contributed by atoms with Gasteiger partial charge >= 0.3 is 0 Å². The molecule has 5 nitrogen and oxygen atoms in total. The van der Waals surface area contributed by atoms with Crippen LogP contribution in [0.3, 0.4) is 0 Å². The second-order valence-corrected chi connectivity index (χ2v) is 8.23. The first kappa shape index (κ1) is 18.6. The Bertz CT molecular complexity index is 735. The van der Waals surface area contributed by atoms with Crippen LogP contribution in [0.5, 0.6) is 17.2 Å². The Kier molecular flexibility index (Phi) is 6.17. The third-order valence-corrected chi connectivity index (χ3v) is 6.06. The van der Waals surface area contributed by atoms with E-state index in [9.17, 15) is 0 Å². The van der Waals surface area contributed by atoms with Crippen LogP contribution in [0, 0.1) is 0 Å². The highest BCUT2D eigenvalue weighted by molar-refractivity contribution is 7.09. The molecule has 0 bridgehead atoms. The number of benzene rings is 1. The van der Waals surface area contributed by atoms with Crippen LogP contribution >= 0.6 is 11.3 Å². The Morgan fingerprint density at radius 3 is 2.85 bits per heavy atom. The molecule has 1 saturated heterocycles. The highest BCUT2D eigenvalue weighted by Gasteiger charge is 2.21. The zero-order chi connectivity index (χ0) is 18.5. The molecule has 1 fully saturated rings. The van der Waals surface area contributed by atoms with E-state index < -0.39 is 0 Å². The minimum absolute atomic E-state index is 0.499. The molecule has 6 heteroatoms. The Morgan fingerprint density at radius 2 is 2.07 bits per heavy atom. The fourth-order valence-corrected chi connectivity index (χ4v) is 4.55. The van der Waals surface area contributed by atoms with E-state index in [4.69, 9.17) is 14.2 Å². The molecule has 0 aliphatic carbocycles. The quantitative estimate of drug-likeness (QED) is 0.818. The lowest BCUT2D eigenvalue weighted by atomic mass is 10.0. The van der Waals surface area contributed by atoms with E-state index >= 15 is 0 Å². The van der Waals surface area contributed by atoms with Crippen molar-refractivity contribution in [3.63, 3.8) is 0 Å². The normalized spacial score (nSPS) is 20.3. The molecule has 27 heavy (non-hydrogen) atoms. The van der Waals surface area contributed by atoms with Crippen LogP contribution in [0.25, 0.3) is 0 Å². The zero-order valence-corrected chi connectivity index (χ0v) is 16.7. The summed E-state index contributed by atoms with van der Waals surface area (Å²) in [6.07, 6.45) is 3.36. The molecule has 2 aromatic rings. The number of fused-ring (bicyclic) bond motifs is 1. The van der Waals surface area contributed by atoms with Crippen molar-refractivity contribution in [2.75, 3.05) is 33.4 Å². The second-order valence-electron chi connectivity index (χ2n) is 7.20. The first-order valence-electron chi connectivity index (χ1n) is 9.76. The highest BCUT2D eigenvalue weighted by Crippen LogP contribution is 2.36. The molecule has 0 spiro atoms. The van der Waals surface area contributed by atoms with Gasteiger partial charge in [0, 0.05) is 48.6 Å². The molecule has 0 amide bonds. The molecule has 3 heterocycles. The third-order valence-electron chi connectivity index (χ3n) is 5.20. The van der Waals surface area contributed by atoms with Gasteiger partial charge in [0.25, 0.3) is 0 Å². The molecule has 1 unspecified atom stereocenters. The van der Waals surface area contributed by atoms with Crippen LogP contribution in [0.4, 0.5) is 0 Å². The number of piperidine rings is 1. The SMILES string of the molecule is COc1cc2c(cc1CNC1CCCN(Cc3cccs3)C1)OCCCO2. The van der Waals surface area contributed by atoms with Crippen LogP contribution in [0.2, 0.25) is 0 Å². The highest BCUT2D eigenvalue weighted by atomic mass is 32.1. The number of nitrogens with zero attached hydrogens (tertiary/aromatic N) is 1. The van der Waals surface area contributed by atoms with E-state index in [1.165, 1.54) is 24.3 Å². The molecule has 1 N–H and O–H groups in total. The molecular weight excluding hydrogens is 360 g/mol. The van der Waals surface area contributed by atoms with Crippen LogP contribution < -0.4 is 19.5 Å². The number of rotatable bonds is 6. The summed E-state index contributed by atoms with van der Waals surface area (Å²) in [5.41, 5.74) is 1.12. The van der Waals surface area contributed by atoms with Crippen LogP contribution in [-0.2, 0) is 13.1 Å². The molecular formula is C21H28N2O3S. The van der Waals surface area contributed by atoms with E-state index in [-0.39, 0.29) is 0 Å². The molecule has 146 valence electrons. The lowest BCUT2D eigenvalue weighted by Crippen LogP contribution is -2.44. The lowest BCUT2D eigenvalue weighted by molar-refractivity contribution is 0.184. The second kappa shape index (κ2) is 8.95. The van der Waals surface area contributed by atoms with Gasteiger partial charge in [0.15, 0.2) is 11.5 Å². The van der Waals surface area contributed by atoms with Crippen molar-refractivity contribution < 1.29 is 14.2 Å². The van der Waals surface area contributed by atoms with E-state index in [2.05, 4.69) is 33.8 Å². The minimum Gasteiger partial charge on any atom is -0.496 e. The van der Waals surface area contributed by atoms with Gasteiger partial charge in [0.1, 0.15) is 5.75 Å². The number of hydrogen-bond donors (Lipinski definition) is 1. The summed E-state index contributed by atoms with van der Waals surface area (Å²) in [7, 11) is 1.71. The van der Waals surface area contributed by atoms with Crippen molar-refractivity contribution in [1.29, 1.82) is 0 Å². The monoisotopic (exact) mass is 388 g/mol. The summed E-state index contributed by atoms with van der Waals surface area (Å²) in [4.78, 5) is 4.00. The lowest BCUT2D eigenvalue weighted by Gasteiger charge is -2.33. The molecule has 1 aromatic carbocycles. The maximum Gasteiger partial charge on any atom is 0.164 e. The number of methoxy groups -OCH3 is 1. The van der Waals surface area contributed by atoms with Gasteiger partial charge in [-0.2, -0.15) is 0 Å². The molecule has 2 aliphatic heterocycles. The zero-order valence-electron chi connectivity index (χ0n) is 15.9. The largest absolute Gasteiger partial charge is 0.496 e. The van der Waals surface area contributed by atoms with Gasteiger partial charge in [-0.15, -0.1) is 11.3 Å². The molecule has 1 atom stereocenters. The molecule has 0 saturated carbocycles. The average Bonchev–Trinajstić information content (AvgIpc) is 3.09. The molecule has 4 rings (SSSR count). The summed E-state index contributed by atoms with van der Waals surface area (Å²) >= 11 is 1.84. The summed E-state index contributed by atoms with van der Waals surface area (Å²) < 4.78 is 17.2. The van der Waals surface area contributed by atoms with Gasteiger partial charge in [0.2, 0.25) is 0 Å². The predicted octanol–water partition coefficient (Wildman–Crippen LogP) is 3.67. The van der Waals surface area contributed by atoms with Crippen molar-refractivity contribution in [3.05, 3.63) is 40.1 Å². The van der Waals surface area contributed by atoms with Gasteiger partial charge in [-0.25, -0.2) is 0 Å². The first-order valence-corrected chi connectivity index (χ1v) is 10.6. The maximum absolute atomic E-state index is 5.84. The van der Waals surface area contributed by atoms with Crippen molar-refractivity contribution in [3.8, 4) is 17.2 Å². The fraction of sp³-hybridized carbons (Fsp3) is 0.524. The van der Waals surface area contributed by atoms with Crippen molar-refractivity contribution in [2.24, 2.45) is 0 Å². The molecule has 0 radical (unpaired) electrons. The topological polar surface area (TPSA) is 43.0 Å². The minimum atomic E-state index is 0.499. The molecule has 1 aromatic heterocycles. The summed E-state index contributed by atoms with van der Waals surface area (Å²) in [5.74, 6) is 2.47. The van der Waals surface area contributed by atoms with E-state index in [0.29, 0.717) is 19.3 Å². The van der Waals surface area contributed by atoms with E-state index in [1.807, 2.05) is 17.4 Å². The van der Waals surface area contributed by atoms with Gasteiger partial charge in [-0.05, 0) is 36.9 Å². The number of likely N-dealkylation sites (tertiary alicyclic amines) is 1. The van der Waals surface area contributed by atoms with Crippen molar-refractivity contribution in [2.45, 2.75) is 38.4 Å². The third kappa shape index (κ3) is 4.75. The fourth-order valence-electron chi connectivity index (χ4n) is 3.80.